The monoisotopic (exact) mass is 437 g/mol. The summed E-state index contributed by atoms with van der Waals surface area (Å²) in [5.74, 6) is 0.424. The Balaban J connectivity index is 2.17. The van der Waals surface area contributed by atoms with Gasteiger partial charge < -0.3 is 24.1 Å². The summed E-state index contributed by atoms with van der Waals surface area (Å²) in [5.41, 5.74) is 2.93. The number of hydrogen-bond acceptors (Lipinski definition) is 6. The zero-order valence-electron chi connectivity index (χ0n) is 20.5. The zero-order valence-corrected chi connectivity index (χ0v) is 20.5. The molecule has 0 saturated carbocycles. The normalized spacial score (nSPS) is 19.5. The molecule has 1 N–H and O–H groups in total. The van der Waals surface area contributed by atoms with Crippen LogP contribution in [0.3, 0.4) is 0 Å². The van der Waals surface area contributed by atoms with E-state index in [4.69, 9.17) is 18.9 Å². The number of aromatic hydroxyl groups is 1. The Hall–Kier alpha value is -1.18. The molecule has 0 atom stereocenters. The van der Waals surface area contributed by atoms with Crippen molar-refractivity contribution in [3.05, 3.63) is 28.8 Å². The molecule has 1 saturated heterocycles. The van der Waals surface area contributed by atoms with Crippen LogP contribution in [0.2, 0.25) is 0 Å². The summed E-state index contributed by atoms with van der Waals surface area (Å²) in [6, 6.07) is 4.31. The Morgan fingerprint density at radius 1 is 0.677 bits per heavy atom. The molecule has 2 rings (SSSR count). The summed E-state index contributed by atoms with van der Waals surface area (Å²) in [7, 11) is 0. The Labute approximate surface area is 188 Å². The number of benzene rings is 1. The van der Waals surface area contributed by atoms with E-state index in [-0.39, 0.29) is 10.8 Å². The molecule has 1 aromatic carbocycles. The minimum Gasteiger partial charge on any atom is -0.507 e. The molecule has 0 bridgehead atoms. The van der Waals surface area contributed by atoms with E-state index in [2.05, 4.69) is 58.6 Å². The van der Waals surface area contributed by atoms with Gasteiger partial charge in [0.1, 0.15) is 5.75 Å². The van der Waals surface area contributed by atoms with Gasteiger partial charge in [0, 0.05) is 19.6 Å². The predicted molar refractivity (Wildman–Crippen MR) is 124 cm³/mol. The molecular formula is C25H43NO5. The standard InChI is InChI=1S/C25H43NO5/c1-24(2,3)21-17-20(18-22(23(21)27)25(4,5)6)19-26-7-9-28-11-13-30-15-16-31-14-12-29-10-8-26/h17-18,27H,7-16,19H2,1-6H3. The lowest BCUT2D eigenvalue weighted by molar-refractivity contribution is 0.00206. The van der Waals surface area contributed by atoms with Crippen LogP contribution in [0.4, 0.5) is 0 Å². The highest BCUT2D eigenvalue weighted by Gasteiger charge is 2.26. The van der Waals surface area contributed by atoms with Gasteiger partial charge in [-0.1, -0.05) is 53.7 Å². The second-order valence-corrected chi connectivity index (χ2v) is 10.3. The molecule has 1 aliphatic heterocycles. The lowest BCUT2D eigenvalue weighted by atomic mass is 9.78. The van der Waals surface area contributed by atoms with Crippen molar-refractivity contribution in [1.82, 2.24) is 4.90 Å². The summed E-state index contributed by atoms with van der Waals surface area (Å²) in [6.45, 7) is 20.1. The number of phenolic OH excluding ortho intramolecular Hbond substituents is 1. The lowest BCUT2D eigenvalue weighted by Crippen LogP contribution is -2.31. The molecule has 31 heavy (non-hydrogen) atoms. The molecular weight excluding hydrogens is 394 g/mol. The molecule has 0 aromatic heterocycles. The summed E-state index contributed by atoms with van der Waals surface area (Å²) < 4.78 is 22.5. The van der Waals surface area contributed by atoms with Crippen molar-refractivity contribution < 1.29 is 24.1 Å². The van der Waals surface area contributed by atoms with Gasteiger partial charge in [-0.15, -0.1) is 0 Å². The molecule has 0 unspecified atom stereocenters. The lowest BCUT2D eigenvalue weighted by Gasteiger charge is -2.30. The molecule has 1 fully saturated rings. The Morgan fingerprint density at radius 3 is 1.39 bits per heavy atom. The highest BCUT2D eigenvalue weighted by Crippen LogP contribution is 2.40. The molecule has 1 heterocycles. The average molecular weight is 438 g/mol. The van der Waals surface area contributed by atoms with Crippen molar-refractivity contribution in [2.45, 2.75) is 58.9 Å². The quantitative estimate of drug-likeness (QED) is 0.758. The Morgan fingerprint density at radius 2 is 1.03 bits per heavy atom. The maximum Gasteiger partial charge on any atom is 0.123 e. The van der Waals surface area contributed by atoms with Gasteiger partial charge in [0.25, 0.3) is 0 Å². The number of hydrogen-bond donors (Lipinski definition) is 1. The third-order valence-electron chi connectivity index (χ3n) is 5.41. The van der Waals surface area contributed by atoms with Crippen molar-refractivity contribution in [3.63, 3.8) is 0 Å². The molecule has 1 aromatic rings. The fourth-order valence-electron chi connectivity index (χ4n) is 3.61. The van der Waals surface area contributed by atoms with E-state index in [1.54, 1.807) is 0 Å². The van der Waals surface area contributed by atoms with E-state index in [0.717, 1.165) is 30.8 Å². The fourth-order valence-corrected chi connectivity index (χ4v) is 3.61. The first kappa shape index (κ1) is 26.1. The topological polar surface area (TPSA) is 60.4 Å². The van der Waals surface area contributed by atoms with Crippen molar-refractivity contribution >= 4 is 0 Å². The van der Waals surface area contributed by atoms with Crippen molar-refractivity contribution in [1.29, 1.82) is 0 Å². The third-order valence-corrected chi connectivity index (χ3v) is 5.41. The largest absolute Gasteiger partial charge is 0.507 e. The van der Waals surface area contributed by atoms with E-state index in [9.17, 15) is 5.11 Å². The second kappa shape index (κ2) is 12.2. The van der Waals surface area contributed by atoms with E-state index in [0.29, 0.717) is 58.6 Å². The number of ether oxygens (including phenoxy) is 4. The van der Waals surface area contributed by atoms with Crippen molar-refractivity contribution in [3.8, 4) is 5.75 Å². The van der Waals surface area contributed by atoms with Crippen LogP contribution in [-0.2, 0) is 36.3 Å². The second-order valence-electron chi connectivity index (χ2n) is 10.3. The van der Waals surface area contributed by atoms with Gasteiger partial charge in [-0.25, -0.2) is 0 Å². The number of phenols is 1. The first-order valence-electron chi connectivity index (χ1n) is 11.5. The molecule has 6 heteroatoms. The van der Waals surface area contributed by atoms with Crippen LogP contribution < -0.4 is 0 Å². The molecule has 6 nitrogen and oxygen atoms in total. The summed E-state index contributed by atoms with van der Waals surface area (Å²) >= 11 is 0. The van der Waals surface area contributed by atoms with E-state index < -0.39 is 0 Å². The Kier molecular flexibility index (Phi) is 10.2. The predicted octanol–water partition coefficient (Wildman–Crippen LogP) is 3.87. The summed E-state index contributed by atoms with van der Waals surface area (Å²) in [4.78, 5) is 2.35. The van der Waals surface area contributed by atoms with Gasteiger partial charge in [0.15, 0.2) is 0 Å². The van der Waals surface area contributed by atoms with Gasteiger partial charge in [-0.3, -0.25) is 4.90 Å². The van der Waals surface area contributed by atoms with Crippen molar-refractivity contribution in [2.24, 2.45) is 0 Å². The van der Waals surface area contributed by atoms with Crippen LogP contribution in [0.25, 0.3) is 0 Å². The average Bonchev–Trinajstić information content (AvgIpc) is 2.67. The van der Waals surface area contributed by atoms with E-state index in [1.807, 2.05) is 0 Å². The first-order valence-corrected chi connectivity index (χ1v) is 11.5. The first-order chi connectivity index (χ1) is 14.6. The molecule has 1 aliphatic rings. The molecule has 178 valence electrons. The highest BCUT2D eigenvalue weighted by atomic mass is 16.6. The SMILES string of the molecule is CC(C)(C)c1cc(CN2CCOCCOCCOCCOCC2)cc(C(C)(C)C)c1O. The Bertz CT molecular complexity index is 612. The minimum atomic E-state index is -0.136. The molecule has 0 spiro atoms. The van der Waals surface area contributed by atoms with Gasteiger partial charge in [0.05, 0.1) is 52.9 Å². The number of nitrogens with zero attached hydrogens (tertiary/aromatic N) is 1. The van der Waals surface area contributed by atoms with Crippen LogP contribution in [0.5, 0.6) is 5.75 Å². The van der Waals surface area contributed by atoms with Crippen molar-refractivity contribution in [2.75, 3.05) is 65.9 Å². The zero-order chi connectivity index (χ0) is 22.9. The maximum absolute atomic E-state index is 11.0. The molecule has 0 aliphatic carbocycles. The van der Waals surface area contributed by atoms with Gasteiger partial charge in [-0.2, -0.15) is 0 Å². The summed E-state index contributed by atoms with van der Waals surface area (Å²) in [6.07, 6.45) is 0. The fraction of sp³-hybridized carbons (Fsp3) is 0.760. The van der Waals surface area contributed by atoms with Gasteiger partial charge >= 0.3 is 0 Å². The van der Waals surface area contributed by atoms with E-state index >= 15 is 0 Å². The van der Waals surface area contributed by atoms with Gasteiger partial charge in [0.2, 0.25) is 0 Å². The smallest absolute Gasteiger partial charge is 0.123 e. The van der Waals surface area contributed by atoms with Crippen LogP contribution >= 0.6 is 0 Å². The van der Waals surface area contributed by atoms with Crippen LogP contribution in [-0.4, -0.2) is 76.0 Å². The van der Waals surface area contributed by atoms with Crippen LogP contribution in [0.15, 0.2) is 12.1 Å². The summed E-state index contributed by atoms with van der Waals surface area (Å²) in [5, 5.41) is 11.0. The highest BCUT2D eigenvalue weighted by molar-refractivity contribution is 5.49. The van der Waals surface area contributed by atoms with Crippen LogP contribution in [0, 0.1) is 0 Å². The minimum absolute atomic E-state index is 0.136. The molecule has 0 amide bonds. The number of rotatable bonds is 2. The molecule has 0 radical (unpaired) electrons. The van der Waals surface area contributed by atoms with Gasteiger partial charge in [-0.05, 0) is 27.5 Å². The third kappa shape index (κ3) is 9.07. The maximum atomic E-state index is 11.0. The van der Waals surface area contributed by atoms with Crippen LogP contribution in [0.1, 0.15) is 58.2 Å². The van der Waals surface area contributed by atoms with E-state index in [1.165, 1.54) is 5.56 Å².